The van der Waals surface area contributed by atoms with Crippen molar-refractivity contribution in [1.29, 1.82) is 0 Å². The fourth-order valence-electron chi connectivity index (χ4n) is 3.42. The zero-order valence-electron chi connectivity index (χ0n) is 14.9. The van der Waals surface area contributed by atoms with Gasteiger partial charge in [0.2, 0.25) is 0 Å². The van der Waals surface area contributed by atoms with Crippen LogP contribution < -0.4 is 18.9 Å². The highest BCUT2D eigenvalue weighted by Gasteiger charge is 2.25. The first-order valence-corrected chi connectivity index (χ1v) is 8.62. The highest BCUT2D eigenvalue weighted by molar-refractivity contribution is 5.95. The quantitative estimate of drug-likeness (QED) is 0.847. The molecule has 26 heavy (non-hydrogen) atoms. The van der Waals surface area contributed by atoms with Crippen LogP contribution in [0.15, 0.2) is 30.3 Å². The average molecular weight is 355 g/mol. The molecule has 0 N–H and O–H groups in total. The molecule has 1 amide bonds. The second-order valence-corrected chi connectivity index (χ2v) is 6.31. The molecular weight excluding hydrogens is 334 g/mol. The van der Waals surface area contributed by atoms with E-state index >= 15 is 0 Å². The average Bonchev–Trinajstić information content (AvgIpc) is 2.71. The van der Waals surface area contributed by atoms with Crippen LogP contribution >= 0.6 is 0 Å². The van der Waals surface area contributed by atoms with E-state index in [4.69, 9.17) is 18.9 Å². The first-order valence-electron chi connectivity index (χ1n) is 8.62. The lowest BCUT2D eigenvalue weighted by atomic mass is 9.98. The summed E-state index contributed by atoms with van der Waals surface area (Å²) in [5.74, 6) is 2.71. The number of fused-ring (bicyclic) bond motifs is 2. The number of hydrogen-bond acceptors (Lipinski definition) is 5. The van der Waals surface area contributed by atoms with E-state index in [0.29, 0.717) is 49.1 Å². The number of nitrogens with zero attached hydrogens (tertiary/aromatic N) is 1. The van der Waals surface area contributed by atoms with E-state index in [0.717, 1.165) is 17.7 Å². The molecule has 0 radical (unpaired) electrons. The molecule has 0 aliphatic carbocycles. The Bertz CT molecular complexity index is 848. The Hall–Kier alpha value is -2.89. The number of carbonyl (C=O) groups is 1. The van der Waals surface area contributed by atoms with Crippen LogP contribution in [-0.4, -0.2) is 44.8 Å². The molecule has 0 bridgehead atoms. The van der Waals surface area contributed by atoms with Gasteiger partial charge in [0, 0.05) is 18.7 Å². The molecule has 0 unspecified atom stereocenters. The second-order valence-electron chi connectivity index (χ2n) is 6.31. The largest absolute Gasteiger partial charge is 0.493 e. The fraction of sp³-hybridized carbons (Fsp3) is 0.350. The molecule has 4 rings (SSSR count). The van der Waals surface area contributed by atoms with Crippen molar-refractivity contribution in [1.82, 2.24) is 4.90 Å². The van der Waals surface area contributed by atoms with Crippen LogP contribution in [0.3, 0.4) is 0 Å². The Morgan fingerprint density at radius 1 is 0.962 bits per heavy atom. The third-order valence-corrected chi connectivity index (χ3v) is 4.79. The standard InChI is InChI=1S/C20H21NO5/c1-23-17-9-13-5-6-21(12-15(13)11-18(17)24-2)20(22)14-3-4-16-19(10-14)26-8-7-25-16/h3-4,9-11H,5-8,12H2,1-2H3. The lowest BCUT2D eigenvalue weighted by Crippen LogP contribution is -2.36. The number of ether oxygens (including phenoxy) is 4. The molecule has 6 nitrogen and oxygen atoms in total. The summed E-state index contributed by atoms with van der Waals surface area (Å²) >= 11 is 0. The normalized spacial score (nSPS) is 15.2. The van der Waals surface area contributed by atoms with Gasteiger partial charge >= 0.3 is 0 Å². The number of methoxy groups -OCH3 is 2. The van der Waals surface area contributed by atoms with E-state index in [9.17, 15) is 4.79 Å². The van der Waals surface area contributed by atoms with Crippen LogP contribution in [0.25, 0.3) is 0 Å². The SMILES string of the molecule is COc1cc2c(cc1OC)CN(C(=O)c1ccc3c(c1)OCCO3)CC2. The van der Waals surface area contributed by atoms with Crippen molar-refractivity contribution in [3.63, 3.8) is 0 Å². The molecule has 0 aromatic heterocycles. The molecule has 2 aliphatic rings. The van der Waals surface area contributed by atoms with Gasteiger partial charge in [-0.3, -0.25) is 4.79 Å². The summed E-state index contributed by atoms with van der Waals surface area (Å²) in [6.45, 7) is 2.25. The fourth-order valence-corrected chi connectivity index (χ4v) is 3.42. The van der Waals surface area contributed by atoms with Crippen LogP contribution in [0.1, 0.15) is 21.5 Å². The highest BCUT2D eigenvalue weighted by atomic mass is 16.6. The highest BCUT2D eigenvalue weighted by Crippen LogP contribution is 2.34. The third kappa shape index (κ3) is 2.92. The summed E-state index contributed by atoms with van der Waals surface area (Å²) in [6.07, 6.45) is 0.784. The Morgan fingerprint density at radius 3 is 2.38 bits per heavy atom. The Balaban J connectivity index is 1.57. The molecular formula is C20H21NO5. The van der Waals surface area contributed by atoms with Gasteiger partial charge in [-0.05, 0) is 47.9 Å². The van der Waals surface area contributed by atoms with Gasteiger partial charge in [0.25, 0.3) is 5.91 Å². The molecule has 0 saturated carbocycles. The zero-order chi connectivity index (χ0) is 18.1. The Labute approximate surface area is 152 Å². The van der Waals surface area contributed by atoms with Crippen molar-refractivity contribution in [3.8, 4) is 23.0 Å². The van der Waals surface area contributed by atoms with Crippen LogP contribution in [0.2, 0.25) is 0 Å². The summed E-state index contributed by atoms with van der Waals surface area (Å²) in [7, 11) is 3.25. The van der Waals surface area contributed by atoms with Crippen LogP contribution in [-0.2, 0) is 13.0 Å². The predicted octanol–water partition coefficient (Wildman–Crippen LogP) is 2.67. The molecule has 0 saturated heterocycles. The molecule has 0 atom stereocenters. The maximum atomic E-state index is 12.9. The van der Waals surface area contributed by atoms with Gasteiger partial charge < -0.3 is 23.8 Å². The molecule has 6 heteroatoms. The summed E-state index contributed by atoms with van der Waals surface area (Å²) < 4.78 is 21.9. The first kappa shape index (κ1) is 16.6. The zero-order valence-corrected chi connectivity index (χ0v) is 14.9. The lowest BCUT2D eigenvalue weighted by molar-refractivity contribution is 0.0733. The smallest absolute Gasteiger partial charge is 0.254 e. The molecule has 2 aromatic rings. The number of amides is 1. The van der Waals surface area contributed by atoms with Crippen LogP contribution in [0.5, 0.6) is 23.0 Å². The van der Waals surface area contributed by atoms with E-state index < -0.39 is 0 Å². The molecule has 2 aliphatic heterocycles. The summed E-state index contributed by atoms with van der Waals surface area (Å²) in [4.78, 5) is 14.8. The maximum absolute atomic E-state index is 12.9. The lowest BCUT2D eigenvalue weighted by Gasteiger charge is -2.30. The van der Waals surface area contributed by atoms with Gasteiger partial charge in [0.15, 0.2) is 23.0 Å². The molecule has 0 spiro atoms. The van der Waals surface area contributed by atoms with Crippen molar-refractivity contribution in [3.05, 3.63) is 47.0 Å². The van der Waals surface area contributed by atoms with Crippen LogP contribution in [0, 0.1) is 0 Å². The minimum absolute atomic E-state index is 0.0117. The number of hydrogen-bond donors (Lipinski definition) is 0. The summed E-state index contributed by atoms with van der Waals surface area (Å²) in [5, 5.41) is 0. The van der Waals surface area contributed by atoms with Crippen molar-refractivity contribution in [2.24, 2.45) is 0 Å². The maximum Gasteiger partial charge on any atom is 0.254 e. The summed E-state index contributed by atoms with van der Waals surface area (Å²) in [5.41, 5.74) is 2.88. The van der Waals surface area contributed by atoms with Gasteiger partial charge in [-0.1, -0.05) is 0 Å². The van der Waals surface area contributed by atoms with Gasteiger partial charge in [-0.2, -0.15) is 0 Å². The topological polar surface area (TPSA) is 57.2 Å². The first-order chi connectivity index (χ1) is 12.7. The number of carbonyl (C=O) groups excluding carboxylic acids is 1. The van der Waals surface area contributed by atoms with Crippen molar-refractivity contribution in [2.75, 3.05) is 34.0 Å². The Kier molecular flexibility index (Phi) is 4.32. The molecule has 136 valence electrons. The summed E-state index contributed by atoms with van der Waals surface area (Å²) in [6, 6.07) is 9.31. The van der Waals surface area contributed by atoms with Crippen molar-refractivity contribution in [2.45, 2.75) is 13.0 Å². The molecule has 2 aromatic carbocycles. The van der Waals surface area contributed by atoms with E-state index in [1.165, 1.54) is 5.56 Å². The van der Waals surface area contributed by atoms with Crippen LogP contribution in [0.4, 0.5) is 0 Å². The van der Waals surface area contributed by atoms with Gasteiger partial charge in [0.1, 0.15) is 13.2 Å². The minimum Gasteiger partial charge on any atom is -0.493 e. The van der Waals surface area contributed by atoms with E-state index in [2.05, 4.69) is 0 Å². The monoisotopic (exact) mass is 355 g/mol. The van der Waals surface area contributed by atoms with Gasteiger partial charge in [-0.15, -0.1) is 0 Å². The van der Waals surface area contributed by atoms with Crippen molar-refractivity contribution >= 4 is 5.91 Å². The van der Waals surface area contributed by atoms with E-state index in [1.807, 2.05) is 17.0 Å². The van der Waals surface area contributed by atoms with E-state index in [1.54, 1.807) is 32.4 Å². The van der Waals surface area contributed by atoms with Gasteiger partial charge in [-0.25, -0.2) is 0 Å². The second kappa shape index (κ2) is 6.78. The minimum atomic E-state index is -0.0117. The van der Waals surface area contributed by atoms with Gasteiger partial charge in [0.05, 0.1) is 14.2 Å². The number of benzene rings is 2. The Morgan fingerprint density at radius 2 is 1.65 bits per heavy atom. The third-order valence-electron chi connectivity index (χ3n) is 4.79. The van der Waals surface area contributed by atoms with Crippen molar-refractivity contribution < 1.29 is 23.7 Å². The predicted molar refractivity (Wildman–Crippen MR) is 95.4 cm³/mol. The number of rotatable bonds is 3. The molecule has 2 heterocycles. The molecule has 0 fully saturated rings. The van der Waals surface area contributed by atoms with E-state index in [-0.39, 0.29) is 5.91 Å².